The summed E-state index contributed by atoms with van der Waals surface area (Å²) in [5.41, 5.74) is 5.68. The molecule has 3 rings (SSSR count). The normalized spacial score (nSPS) is 11.0. The SMILES string of the molecule is NCCCCCC[P+](c1ccccc1)(c1ccccc1)c1ccccc1.[Br-]. The Bertz CT molecular complexity index is 665. The average molecular weight is 442 g/mol. The standard InChI is InChI=1S/C24H29NP.BrH/c25-20-12-1-2-13-21-26(22-14-6-3-7-15-22,23-16-8-4-9-17-23)24-18-10-5-11-19-24;/h3-11,14-19H,1-2,12-13,20-21,25H2;1H/q+1;/p-1. The Balaban J connectivity index is 0.00000261. The molecule has 0 unspecified atom stereocenters. The number of unbranched alkanes of at least 4 members (excludes halogenated alkanes) is 3. The predicted molar refractivity (Wildman–Crippen MR) is 118 cm³/mol. The molecule has 0 bridgehead atoms. The highest BCUT2D eigenvalue weighted by atomic mass is 79.9. The summed E-state index contributed by atoms with van der Waals surface area (Å²) in [6, 6.07) is 33.4. The highest BCUT2D eigenvalue weighted by Gasteiger charge is 2.44. The van der Waals surface area contributed by atoms with Crippen molar-refractivity contribution in [2.75, 3.05) is 12.7 Å². The fraction of sp³-hybridized carbons (Fsp3) is 0.250. The van der Waals surface area contributed by atoms with Gasteiger partial charge in [-0.3, -0.25) is 0 Å². The van der Waals surface area contributed by atoms with Gasteiger partial charge in [-0.05, 0) is 62.2 Å². The van der Waals surface area contributed by atoms with Gasteiger partial charge in [-0.15, -0.1) is 0 Å². The van der Waals surface area contributed by atoms with E-state index in [0.717, 1.165) is 13.0 Å². The molecule has 3 aromatic carbocycles. The van der Waals surface area contributed by atoms with Gasteiger partial charge in [0.05, 0.1) is 6.16 Å². The maximum atomic E-state index is 5.68. The zero-order valence-electron chi connectivity index (χ0n) is 15.8. The molecule has 0 radical (unpaired) electrons. The summed E-state index contributed by atoms with van der Waals surface area (Å²) in [6.45, 7) is 0.802. The first-order chi connectivity index (χ1) is 12.9. The van der Waals surface area contributed by atoms with Crippen LogP contribution in [-0.4, -0.2) is 12.7 Å². The van der Waals surface area contributed by atoms with Crippen LogP contribution in [0.2, 0.25) is 0 Å². The van der Waals surface area contributed by atoms with E-state index in [9.17, 15) is 0 Å². The van der Waals surface area contributed by atoms with Gasteiger partial charge in [-0.1, -0.05) is 61.0 Å². The molecule has 0 aliphatic heterocycles. The summed E-state index contributed by atoms with van der Waals surface area (Å²) < 4.78 is 0. The molecular weight excluding hydrogens is 413 g/mol. The van der Waals surface area contributed by atoms with Crippen molar-refractivity contribution in [2.24, 2.45) is 5.73 Å². The molecule has 0 fully saturated rings. The third-order valence-electron chi connectivity index (χ3n) is 5.04. The van der Waals surface area contributed by atoms with Crippen LogP contribution < -0.4 is 38.6 Å². The van der Waals surface area contributed by atoms with E-state index in [1.165, 1.54) is 41.3 Å². The Morgan fingerprint density at radius 2 is 0.889 bits per heavy atom. The number of rotatable bonds is 9. The zero-order chi connectivity index (χ0) is 18.1. The van der Waals surface area contributed by atoms with Crippen LogP contribution in [0.1, 0.15) is 25.7 Å². The third kappa shape index (κ3) is 5.29. The monoisotopic (exact) mass is 441 g/mol. The van der Waals surface area contributed by atoms with Crippen LogP contribution in [0, 0.1) is 0 Å². The second-order valence-corrected chi connectivity index (χ2v) is 10.4. The van der Waals surface area contributed by atoms with Crippen molar-refractivity contribution >= 4 is 23.2 Å². The van der Waals surface area contributed by atoms with Crippen LogP contribution in [-0.2, 0) is 0 Å². The van der Waals surface area contributed by atoms with Gasteiger partial charge in [0.25, 0.3) is 0 Å². The molecular formula is C24H29BrNP. The summed E-state index contributed by atoms with van der Waals surface area (Å²) in [7, 11) is -1.63. The second-order valence-electron chi connectivity index (χ2n) is 6.74. The molecule has 3 aromatic rings. The fourth-order valence-corrected chi connectivity index (χ4v) is 8.14. The van der Waals surface area contributed by atoms with Crippen LogP contribution in [0.4, 0.5) is 0 Å². The van der Waals surface area contributed by atoms with Gasteiger partial charge < -0.3 is 22.7 Å². The van der Waals surface area contributed by atoms with E-state index in [4.69, 9.17) is 5.73 Å². The Morgan fingerprint density at radius 1 is 0.519 bits per heavy atom. The molecule has 0 spiro atoms. The first-order valence-corrected chi connectivity index (χ1v) is 11.6. The molecule has 0 aliphatic carbocycles. The molecule has 0 aliphatic rings. The fourth-order valence-electron chi connectivity index (χ4n) is 3.73. The van der Waals surface area contributed by atoms with Gasteiger partial charge in [-0.25, -0.2) is 0 Å². The van der Waals surface area contributed by atoms with Gasteiger partial charge >= 0.3 is 0 Å². The van der Waals surface area contributed by atoms with Crippen molar-refractivity contribution in [3.05, 3.63) is 91.0 Å². The lowest BCUT2D eigenvalue weighted by molar-refractivity contribution is -0.00000523. The smallest absolute Gasteiger partial charge is 0.112 e. The Hall–Kier alpha value is -1.47. The largest absolute Gasteiger partial charge is 1.00 e. The lowest BCUT2D eigenvalue weighted by Crippen LogP contribution is -3.00. The van der Waals surface area contributed by atoms with E-state index in [1.807, 2.05) is 0 Å². The minimum absolute atomic E-state index is 0. The van der Waals surface area contributed by atoms with Gasteiger partial charge in [0.2, 0.25) is 0 Å². The van der Waals surface area contributed by atoms with Crippen molar-refractivity contribution in [1.29, 1.82) is 0 Å². The van der Waals surface area contributed by atoms with E-state index in [2.05, 4.69) is 91.0 Å². The van der Waals surface area contributed by atoms with E-state index < -0.39 is 7.26 Å². The number of hydrogen-bond acceptors (Lipinski definition) is 1. The number of benzene rings is 3. The average Bonchev–Trinajstić information content (AvgIpc) is 2.73. The molecule has 0 atom stereocenters. The molecule has 0 amide bonds. The summed E-state index contributed by atoms with van der Waals surface area (Å²) in [5.74, 6) is 0. The highest BCUT2D eigenvalue weighted by molar-refractivity contribution is 7.95. The van der Waals surface area contributed by atoms with Gasteiger partial charge in [0, 0.05) is 0 Å². The minimum atomic E-state index is -1.63. The van der Waals surface area contributed by atoms with Crippen molar-refractivity contribution in [3.8, 4) is 0 Å². The molecule has 1 nitrogen and oxygen atoms in total. The Morgan fingerprint density at radius 3 is 1.26 bits per heavy atom. The minimum Gasteiger partial charge on any atom is -1.00 e. The van der Waals surface area contributed by atoms with Crippen LogP contribution in [0.25, 0.3) is 0 Å². The summed E-state index contributed by atoms with van der Waals surface area (Å²) in [5, 5.41) is 4.45. The first kappa shape index (κ1) is 21.8. The van der Waals surface area contributed by atoms with Crippen LogP contribution in [0.5, 0.6) is 0 Å². The number of nitrogens with two attached hydrogens (primary N) is 1. The van der Waals surface area contributed by atoms with E-state index in [1.54, 1.807) is 0 Å². The third-order valence-corrected chi connectivity index (χ3v) is 9.56. The predicted octanol–water partition coefficient (Wildman–Crippen LogP) is 1.50. The summed E-state index contributed by atoms with van der Waals surface area (Å²) >= 11 is 0. The van der Waals surface area contributed by atoms with E-state index in [0.29, 0.717) is 0 Å². The van der Waals surface area contributed by atoms with Crippen LogP contribution in [0.3, 0.4) is 0 Å². The van der Waals surface area contributed by atoms with Crippen molar-refractivity contribution in [1.82, 2.24) is 0 Å². The van der Waals surface area contributed by atoms with E-state index >= 15 is 0 Å². The second kappa shape index (κ2) is 11.4. The lowest BCUT2D eigenvalue weighted by atomic mass is 10.2. The maximum absolute atomic E-state index is 5.68. The molecule has 0 heterocycles. The summed E-state index contributed by atoms with van der Waals surface area (Å²) in [6.07, 6.45) is 6.08. The molecule has 0 saturated heterocycles. The molecule has 0 saturated carbocycles. The Labute approximate surface area is 175 Å². The van der Waals surface area contributed by atoms with Crippen LogP contribution >= 0.6 is 7.26 Å². The molecule has 142 valence electrons. The highest BCUT2D eigenvalue weighted by Crippen LogP contribution is 2.55. The van der Waals surface area contributed by atoms with Crippen molar-refractivity contribution < 1.29 is 17.0 Å². The first-order valence-electron chi connectivity index (χ1n) is 9.63. The zero-order valence-corrected chi connectivity index (χ0v) is 18.3. The maximum Gasteiger partial charge on any atom is 0.112 e. The van der Waals surface area contributed by atoms with Crippen molar-refractivity contribution in [2.45, 2.75) is 25.7 Å². The molecule has 27 heavy (non-hydrogen) atoms. The number of halogens is 1. The molecule has 3 heteroatoms. The molecule has 0 aromatic heterocycles. The number of hydrogen-bond donors (Lipinski definition) is 1. The Kier molecular flexibility index (Phi) is 9.21. The quantitative estimate of drug-likeness (QED) is 0.395. The van der Waals surface area contributed by atoms with Gasteiger partial charge in [0.1, 0.15) is 23.2 Å². The van der Waals surface area contributed by atoms with E-state index in [-0.39, 0.29) is 17.0 Å². The molecule has 2 N–H and O–H groups in total. The lowest BCUT2D eigenvalue weighted by Gasteiger charge is -2.27. The summed E-state index contributed by atoms with van der Waals surface area (Å²) in [4.78, 5) is 0. The topological polar surface area (TPSA) is 26.0 Å². The van der Waals surface area contributed by atoms with Gasteiger partial charge in [-0.2, -0.15) is 0 Å². The van der Waals surface area contributed by atoms with Crippen LogP contribution in [0.15, 0.2) is 91.0 Å². The van der Waals surface area contributed by atoms with Gasteiger partial charge in [0.15, 0.2) is 0 Å². The van der Waals surface area contributed by atoms with Crippen molar-refractivity contribution in [3.63, 3.8) is 0 Å².